The van der Waals surface area contributed by atoms with Crippen molar-refractivity contribution in [2.45, 2.75) is 20.8 Å². The van der Waals surface area contributed by atoms with Gasteiger partial charge in [0, 0.05) is 12.2 Å². The molecule has 0 saturated carbocycles. The topological polar surface area (TPSA) is 98.7 Å². The van der Waals surface area contributed by atoms with Gasteiger partial charge in [-0.3, -0.25) is 14.5 Å². The molecule has 2 aromatic rings. The summed E-state index contributed by atoms with van der Waals surface area (Å²) in [6.07, 6.45) is 0. The summed E-state index contributed by atoms with van der Waals surface area (Å²) in [6.45, 7) is 6.04. The van der Waals surface area contributed by atoms with Gasteiger partial charge >= 0.3 is 6.03 Å². The largest absolute Gasteiger partial charge is 0.506 e. The van der Waals surface area contributed by atoms with Gasteiger partial charge in [0.2, 0.25) is 0 Å². The molecule has 7 heteroatoms. The van der Waals surface area contributed by atoms with Crippen molar-refractivity contribution in [3.8, 4) is 5.75 Å². The zero-order valence-corrected chi connectivity index (χ0v) is 15.4. The molecule has 0 fully saturated rings. The lowest BCUT2D eigenvalue weighted by Gasteiger charge is -2.15. The smallest absolute Gasteiger partial charge is 0.323 e. The van der Waals surface area contributed by atoms with E-state index in [1.165, 1.54) is 17.0 Å². The number of carbonyl (C=O) groups is 3. The van der Waals surface area contributed by atoms with Crippen molar-refractivity contribution in [2.24, 2.45) is 5.92 Å². The molecular weight excluding hydrogens is 346 g/mol. The lowest BCUT2D eigenvalue weighted by Crippen LogP contribution is -2.33. The second-order valence-corrected chi connectivity index (χ2v) is 6.97. The third-order valence-electron chi connectivity index (χ3n) is 4.18. The number of benzene rings is 2. The average molecular weight is 367 g/mol. The van der Waals surface area contributed by atoms with Gasteiger partial charge in [-0.15, -0.1) is 0 Å². The van der Waals surface area contributed by atoms with Gasteiger partial charge in [-0.25, -0.2) is 4.79 Å². The van der Waals surface area contributed by atoms with Crippen LogP contribution in [-0.4, -0.2) is 34.4 Å². The van der Waals surface area contributed by atoms with Crippen LogP contribution in [0.15, 0.2) is 36.4 Å². The number of nitrogens with one attached hydrogen (secondary N) is 2. The van der Waals surface area contributed by atoms with E-state index in [0.717, 1.165) is 5.56 Å². The molecule has 0 aliphatic carbocycles. The Balaban J connectivity index is 1.75. The Hall–Kier alpha value is -3.35. The number of urea groups is 1. The zero-order valence-electron chi connectivity index (χ0n) is 15.4. The van der Waals surface area contributed by atoms with Crippen molar-refractivity contribution in [1.29, 1.82) is 0 Å². The van der Waals surface area contributed by atoms with Gasteiger partial charge in [0.25, 0.3) is 11.8 Å². The molecule has 1 aliphatic heterocycles. The number of carbonyl (C=O) groups excluding carboxylic acids is 3. The van der Waals surface area contributed by atoms with Gasteiger partial charge in [0.1, 0.15) is 5.75 Å². The molecule has 3 N–H and O–H groups in total. The molecule has 27 heavy (non-hydrogen) atoms. The molecule has 1 heterocycles. The first-order chi connectivity index (χ1) is 12.8. The summed E-state index contributed by atoms with van der Waals surface area (Å²) in [5, 5.41) is 15.0. The van der Waals surface area contributed by atoms with E-state index in [-0.39, 0.29) is 34.7 Å². The predicted molar refractivity (Wildman–Crippen MR) is 102 cm³/mol. The monoisotopic (exact) mass is 367 g/mol. The highest BCUT2D eigenvalue weighted by Crippen LogP contribution is 2.27. The Morgan fingerprint density at radius 3 is 2.41 bits per heavy atom. The Kier molecular flexibility index (Phi) is 4.85. The molecule has 3 rings (SSSR count). The maximum Gasteiger partial charge on any atom is 0.323 e. The van der Waals surface area contributed by atoms with Crippen molar-refractivity contribution >= 4 is 29.2 Å². The van der Waals surface area contributed by atoms with Crippen molar-refractivity contribution in [3.05, 3.63) is 53.1 Å². The van der Waals surface area contributed by atoms with Gasteiger partial charge in [0.15, 0.2) is 0 Å². The van der Waals surface area contributed by atoms with Crippen LogP contribution >= 0.6 is 0 Å². The highest BCUT2D eigenvalue weighted by atomic mass is 16.3. The van der Waals surface area contributed by atoms with Crippen molar-refractivity contribution in [3.63, 3.8) is 0 Å². The molecule has 140 valence electrons. The van der Waals surface area contributed by atoms with Crippen LogP contribution in [0.3, 0.4) is 0 Å². The van der Waals surface area contributed by atoms with Crippen LogP contribution in [0, 0.1) is 12.8 Å². The van der Waals surface area contributed by atoms with E-state index in [9.17, 15) is 19.5 Å². The summed E-state index contributed by atoms with van der Waals surface area (Å²) < 4.78 is 0. The molecule has 1 aliphatic rings. The number of amides is 4. The lowest BCUT2D eigenvalue weighted by molar-refractivity contribution is 0.0636. The SMILES string of the molecule is Cc1ccc(NC(=O)Nc2ccc3c(c2)C(=O)N(CC(C)C)C3=O)c(O)c1. The number of hydrogen-bond donors (Lipinski definition) is 3. The van der Waals surface area contributed by atoms with Crippen LogP contribution in [0.4, 0.5) is 16.2 Å². The highest BCUT2D eigenvalue weighted by Gasteiger charge is 2.35. The van der Waals surface area contributed by atoms with Crippen molar-refractivity contribution in [1.82, 2.24) is 4.90 Å². The second kappa shape index (κ2) is 7.11. The molecule has 2 aromatic carbocycles. The van der Waals surface area contributed by atoms with Crippen LogP contribution in [0.25, 0.3) is 0 Å². The van der Waals surface area contributed by atoms with E-state index < -0.39 is 6.03 Å². The first-order valence-corrected chi connectivity index (χ1v) is 8.64. The molecule has 0 unspecified atom stereocenters. The number of rotatable bonds is 4. The minimum Gasteiger partial charge on any atom is -0.506 e. The molecular formula is C20H21N3O4. The van der Waals surface area contributed by atoms with Crippen LogP contribution < -0.4 is 10.6 Å². The van der Waals surface area contributed by atoms with Crippen molar-refractivity contribution < 1.29 is 19.5 Å². The Morgan fingerprint density at radius 2 is 1.74 bits per heavy atom. The average Bonchev–Trinajstić information content (AvgIpc) is 2.82. The number of anilines is 2. The maximum absolute atomic E-state index is 12.5. The fourth-order valence-corrected chi connectivity index (χ4v) is 2.93. The predicted octanol–water partition coefficient (Wildman–Crippen LogP) is 3.60. The number of fused-ring (bicyclic) bond motifs is 1. The summed E-state index contributed by atoms with van der Waals surface area (Å²) in [6, 6.07) is 8.93. The molecule has 0 saturated heterocycles. The van der Waals surface area contributed by atoms with Gasteiger partial charge in [-0.2, -0.15) is 0 Å². The van der Waals surface area contributed by atoms with E-state index in [2.05, 4.69) is 10.6 Å². The first kappa shape index (κ1) is 18.4. The van der Waals surface area contributed by atoms with E-state index in [4.69, 9.17) is 0 Å². The lowest BCUT2D eigenvalue weighted by atomic mass is 10.1. The normalized spacial score (nSPS) is 13.1. The quantitative estimate of drug-likeness (QED) is 0.568. The molecule has 4 amide bonds. The maximum atomic E-state index is 12.5. The number of aryl methyl sites for hydroxylation is 1. The fraction of sp³-hybridized carbons (Fsp3) is 0.250. The third kappa shape index (κ3) is 3.76. The minimum absolute atomic E-state index is 0.0378. The zero-order chi connectivity index (χ0) is 19.7. The third-order valence-corrected chi connectivity index (χ3v) is 4.18. The Bertz CT molecular complexity index is 937. The molecule has 7 nitrogen and oxygen atoms in total. The van der Waals surface area contributed by atoms with Crippen LogP contribution in [0.1, 0.15) is 40.1 Å². The van der Waals surface area contributed by atoms with E-state index in [1.54, 1.807) is 24.3 Å². The molecule has 0 spiro atoms. The number of hydrogen-bond acceptors (Lipinski definition) is 4. The van der Waals surface area contributed by atoms with Gasteiger partial charge < -0.3 is 15.7 Å². The standard InChI is InChI=1S/C20H21N3O4/c1-11(2)10-23-18(25)14-6-5-13(9-15(14)19(23)26)21-20(27)22-16-7-4-12(3)8-17(16)24/h4-9,11,24H,10H2,1-3H3,(H2,21,22,27). The molecule has 0 aromatic heterocycles. The number of phenolic OH excluding ortho intramolecular Hbond substituents is 1. The molecule has 0 radical (unpaired) electrons. The molecule has 0 atom stereocenters. The highest BCUT2D eigenvalue weighted by molar-refractivity contribution is 6.22. The Labute approximate surface area is 157 Å². The number of nitrogens with zero attached hydrogens (tertiary/aromatic N) is 1. The summed E-state index contributed by atoms with van der Waals surface area (Å²) in [5.41, 5.74) is 2.13. The summed E-state index contributed by atoms with van der Waals surface area (Å²) in [5.74, 6) is -0.546. The first-order valence-electron chi connectivity index (χ1n) is 8.64. The van der Waals surface area contributed by atoms with Gasteiger partial charge in [-0.1, -0.05) is 19.9 Å². The fourth-order valence-electron chi connectivity index (χ4n) is 2.93. The number of imide groups is 1. The van der Waals surface area contributed by atoms with E-state index in [0.29, 0.717) is 17.8 Å². The summed E-state index contributed by atoms with van der Waals surface area (Å²) in [7, 11) is 0. The van der Waals surface area contributed by atoms with E-state index in [1.807, 2.05) is 20.8 Å². The Morgan fingerprint density at radius 1 is 1.04 bits per heavy atom. The molecule has 0 bridgehead atoms. The van der Waals surface area contributed by atoms with Crippen molar-refractivity contribution in [2.75, 3.05) is 17.2 Å². The number of aromatic hydroxyl groups is 1. The summed E-state index contributed by atoms with van der Waals surface area (Å²) >= 11 is 0. The van der Waals surface area contributed by atoms with Gasteiger partial charge in [0.05, 0.1) is 16.8 Å². The van der Waals surface area contributed by atoms with Crippen LogP contribution in [0.2, 0.25) is 0 Å². The minimum atomic E-state index is -0.565. The second-order valence-electron chi connectivity index (χ2n) is 6.97. The summed E-state index contributed by atoms with van der Waals surface area (Å²) in [4.78, 5) is 38.3. The van der Waals surface area contributed by atoms with Crippen LogP contribution in [0.5, 0.6) is 5.75 Å². The van der Waals surface area contributed by atoms with E-state index >= 15 is 0 Å². The number of phenols is 1. The van der Waals surface area contributed by atoms with Gasteiger partial charge in [-0.05, 0) is 48.7 Å². The van der Waals surface area contributed by atoms with Crippen LogP contribution in [-0.2, 0) is 0 Å².